The molecular weight excluding hydrogens is 206 g/mol. The van der Waals surface area contributed by atoms with E-state index in [1.165, 1.54) is 7.11 Å². The molecule has 1 aromatic carbocycles. The van der Waals surface area contributed by atoms with Crippen LogP contribution in [0.15, 0.2) is 30.3 Å². The monoisotopic (exact) mass is 221 g/mol. The summed E-state index contributed by atoms with van der Waals surface area (Å²) in [5.74, 6) is -0.391. The summed E-state index contributed by atoms with van der Waals surface area (Å²) in [5, 5.41) is 2.98. The van der Waals surface area contributed by atoms with Crippen molar-refractivity contribution >= 4 is 12.3 Å². The van der Waals surface area contributed by atoms with Crippen LogP contribution in [-0.2, 0) is 20.9 Å². The lowest BCUT2D eigenvalue weighted by Crippen LogP contribution is -2.32. The Labute approximate surface area is 94.6 Å². The number of methoxy groups -OCH3 is 1. The smallest absolute Gasteiger partial charge is 0.307 e. The minimum Gasteiger partial charge on any atom is -0.469 e. The molecule has 0 bridgehead atoms. The van der Waals surface area contributed by atoms with Crippen LogP contribution in [0.25, 0.3) is 0 Å². The van der Waals surface area contributed by atoms with Gasteiger partial charge in [0.05, 0.1) is 19.6 Å². The fourth-order valence-electron chi connectivity index (χ4n) is 1.28. The van der Waals surface area contributed by atoms with E-state index < -0.39 is 12.0 Å². The molecule has 0 unspecified atom stereocenters. The van der Waals surface area contributed by atoms with Gasteiger partial charge in [0.2, 0.25) is 0 Å². The Morgan fingerprint density at radius 1 is 1.44 bits per heavy atom. The first-order chi connectivity index (χ1) is 7.76. The van der Waals surface area contributed by atoms with Crippen LogP contribution < -0.4 is 5.32 Å². The Morgan fingerprint density at radius 3 is 2.69 bits per heavy atom. The summed E-state index contributed by atoms with van der Waals surface area (Å²) >= 11 is 0. The van der Waals surface area contributed by atoms with Gasteiger partial charge in [-0.05, 0) is 5.56 Å². The molecule has 4 nitrogen and oxygen atoms in total. The predicted molar refractivity (Wildman–Crippen MR) is 59.8 cm³/mol. The summed E-state index contributed by atoms with van der Waals surface area (Å²) < 4.78 is 4.50. The third kappa shape index (κ3) is 4.23. The molecule has 0 aliphatic heterocycles. The number of carbonyl (C=O) groups is 2. The van der Waals surface area contributed by atoms with Gasteiger partial charge < -0.3 is 14.8 Å². The summed E-state index contributed by atoms with van der Waals surface area (Å²) in [4.78, 5) is 21.7. The van der Waals surface area contributed by atoms with Gasteiger partial charge in [0.15, 0.2) is 0 Å². The van der Waals surface area contributed by atoms with Crippen LogP contribution in [0.4, 0.5) is 0 Å². The van der Waals surface area contributed by atoms with Crippen LogP contribution in [0.3, 0.4) is 0 Å². The molecule has 86 valence electrons. The number of esters is 1. The minimum atomic E-state index is -0.493. The van der Waals surface area contributed by atoms with Crippen LogP contribution in [0.2, 0.25) is 0 Å². The van der Waals surface area contributed by atoms with Gasteiger partial charge >= 0.3 is 5.97 Å². The van der Waals surface area contributed by atoms with Gasteiger partial charge in [0.25, 0.3) is 0 Å². The summed E-state index contributed by atoms with van der Waals surface area (Å²) in [5.41, 5.74) is 1.07. The van der Waals surface area contributed by atoms with E-state index in [4.69, 9.17) is 0 Å². The third-order valence-electron chi connectivity index (χ3n) is 2.19. The average Bonchev–Trinajstić information content (AvgIpc) is 2.35. The molecule has 0 saturated carbocycles. The number of hydrogen-bond acceptors (Lipinski definition) is 4. The number of hydrogen-bond donors (Lipinski definition) is 1. The molecule has 16 heavy (non-hydrogen) atoms. The largest absolute Gasteiger partial charge is 0.469 e. The van der Waals surface area contributed by atoms with Crippen molar-refractivity contribution in [2.45, 2.75) is 19.0 Å². The van der Waals surface area contributed by atoms with Crippen molar-refractivity contribution < 1.29 is 14.3 Å². The normalized spacial score (nSPS) is 11.8. The van der Waals surface area contributed by atoms with Crippen LogP contribution in [0.5, 0.6) is 0 Å². The highest BCUT2D eigenvalue weighted by Gasteiger charge is 2.12. The van der Waals surface area contributed by atoms with Crippen LogP contribution in [-0.4, -0.2) is 25.4 Å². The first-order valence-corrected chi connectivity index (χ1v) is 5.05. The molecule has 1 rings (SSSR count). The van der Waals surface area contributed by atoms with Gasteiger partial charge in [-0.3, -0.25) is 4.79 Å². The second-order valence-corrected chi connectivity index (χ2v) is 3.39. The zero-order valence-corrected chi connectivity index (χ0v) is 9.18. The summed E-state index contributed by atoms with van der Waals surface area (Å²) in [6.45, 7) is 0.557. The molecule has 0 aliphatic carbocycles. The highest BCUT2D eigenvalue weighted by atomic mass is 16.5. The fraction of sp³-hybridized carbons (Fsp3) is 0.333. The van der Waals surface area contributed by atoms with E-state index in [9.17, 15) is 9.59 Å². The van der Waals surface area contributed by atoms with E-state index in [1.807, 2.05) is 30.3 Å². The molecule has 4 heteroatoms. The number of nitrogens with one attached hydrogen (secondary N) is 1. The van der Waals surface area contributed by atoms with Gasteiger partial charge in [0.1, 0.15) is 6.29 Å². The summed E-state index contributed by atoms with van der Waals surface area (Å²) in [7, 11) is 1.31. The quantitative estimate of drug-likeness (QED) is 0.573. The lowest BCUT2D eigenvalue weighted by molar-refractivity contribution is -0.142. The molecule has 1 N–H and O–H groups in total. The Kier molecular flexibility index (Phi) is 5.22. The fourth-order valence-corrected chi connectivity index (χ4v) is 1.28. The van der Waals surface area contributed by atoms with Crippen LogP contribution in [0.1, 0.15) is 12.0 Å². The van der Waals surface area contributed by atoms with Crippen LogP contribution >= 0.6 is 0 Å². The van der Waals surface area contributed by atoms with E-state index in [1.54, 1.807) is 0 Å². The molecule has 1 aromatic rings. The molecule has 0 heterocycles. The molecular formula is C12H15NO3. The standard InChI is InChI=1S/C12H15NO3/c1-16-12(15)7-11(9-14)13-8-10-5-3-2-4-6-10/h2-6,9,11,13H,7-8H2,1H3/t11-/m0/s1. The number of ether oxygens (including phenoxy) is 1. The lowest BCUT2D eigenvalue weighted by atomic mass is 10.2. The van der Waals surface area contributed by atoms with Crippen molar-refractivity contribution in [3.63, 3.8) is 0 Å². The van der Waals surface area contributed by atoms with Crippen molar-refractivity contribution in [1.82, 2.24) is 5.32 Å². The van der Waals surface area contributed by atoms with Gasteiger partial charge in [0, 0.05) is 6.54 Å². The first-order valence-electron chi connectivity index (χ1n) is 5.05. The minimum absolute atomic E-state index is 0.0623. The molecule has 0 radical (unpaired) electrons. The van der Waals surface area contributed by atoms with E-state index in [0.29, 0.717) is 6.54 Å². The zero-order valence-electron chi connectivity index (χ0n) is 9.18. The Balaban J connectivity index is 2.40. The number of aldehydes is 1. The van der Waals surface area contributed by atoms with Crippen molar-refractivity contribution in [3.8, 4) is 0 Å². The maximum absolute atomic E-state index is 11.0. The number of rotatable bonds is 6. The van der Waals surface area contributed by atoms with E-state index in [2.05, 4.69) is 10.1 Å². The third-order valence-corrected chi connectivity index (χ3v) is 2.19. The lowest BCUT2D eigenvalue weighted by Gasteiger charge is -2.11. The van der Waals surface area contributed by atoms with Crippen molar-refractivity contribution in [3.05, 3.63) is 35.9 Å². The zero-order chi connectivity index (χ0) is 11.8. The molecule has 0 amide bonds. The summed E-state index contributed by atoms with van der Waals surface area (Å²) in [6.07, 6.45) is 0.784. The van der Waals surface area contributed by atoms with Crippen LogP contribution in [0, 0.1) is 0 Å². The Bertz CT molecular complexity index is 337. The second kappa shape index (κ2) is 6.74. The average molecular weight is 221 g/mol. The van der Waals surface area contributed by atoms with Crippen molar-refractivity contribution in [2.24, 2.45) is 0 Å². The topological polar surface area (TPSA) is 55.4 Å². The molecule has 0 fully saturated rings. The van der Waals surface area contributed by atoms with E-state index in [-0.39, 0.29) is 6.42 Å². The molecule has 0 spiro atoms. The van der Waals surface area contributed by atoms with Crippen molar-refractivity contribution in [1.29, 1.82) is 0 Å². The SMILES string of the molecule is COC(=O)C[C@@H](C=O)NCc1ccccc1. The van der Waals surface area contributed by atoms with Gasteiger partial charge in [-0.1, -0.05) is 30.3 Å². The molecule has 1 atom stereocenters. The van der Waals surface area contributed by atoms with Gasteiger partial charge in [-0.15, -0.1) is 0 Å². The van der Waals surface area contributed by atoms with Crippen molar-refractivity contribution in [2.75, 3.05) is 7.11 Å². The second-order valence-electron chi connectivity index (χ2n) is 3.39. The first kappa shape index (κ1) is 12.4. The molecule has 0 aliphatic rings. The highest BCUT2D eigenvalue weighted by molar-refractivity contribution is 5.75. The Hall–Kier alpha value is -1.68. The maximum atomic E-state index is 11.0. The Morgan fingerprint density at radius 2 is 2.12 bits per heavy atom. The number of carbonyl (C=O) groups excluding carboxylic acids is 2. The van der Waals surface area contributed by atoms with E-state index in [0.717, 1.165) is 11.8 Å². The maximum Gasteiger partial charge on any atom is 0.307 e. The molecule has 0 aromatic heterocycles. The predicted octanol–water partition coefficient (Wildman–Crippen LogP) is 0.907. The summed E-state index contributed by atoms with van der Waals surface area (Å²) in [6, 6.07) is 9.18. The number of benzene rings is 1. The van der Waals surface area contributed by atoms with Gasteiger partial charge in [-0.25, -0.2) is 0 Å². The van der Waals surface area contributed by atoms with E-state index >= 15 is 0 Å². The molecule has 0 saturated heterocycles. The highest BCUT2D eigenvalue weighted by Crippen LogP contribution is 1.99. The van der Waals surface area contributed by atoms with Gasteiger partial charge in [-0.2, -0.15) is 0 Å².